The highest BCUT2D eigenvalue weighted by Gasteiger charge is 2.24. The predicted octanol–water partition coefficient (Wildman–Crippen LogP) is 2.43. The lowest BCUT2D eigenvalue weighted by molar-refractivity contribution is -0.124. The third-order valence-electron chi connectivity index (χ3n) is 3.51. The fourth-order valence-corrected chi connectivity index (χ4v) is 2.44. The Labute approximate surface area is 111 Å². The van der Waals surface area contributed by atoms with E-state index in [2.05, 4.69) is 15.1 Å². The van der Waals surface area contributed by atoms with Crippen molar-refractivity contribution in [1.82, 2.24) is 15.1 Å². The van der Waals surface area contributed by atoms with Gasteiger partial charge in [-0.25, -0.2) is 0 Å². The van der Waals surface area contributed by atoms with E-state index in [1.807, 2.05) is 12.1 Å². The fraction of sp³-hybridized carbons (Fsp3) is 0.429. The first-order valence-corrected chi connectivity index (χ1v) is 6.58. The standard InChI is InChI=1S/C14H15N3O2/c18-12-4-2-1-3-11(12)9-13-16-14(17-19-13)10-5-7-15-8-6-10/h5-8,11H,1-4,9H2. The molecule has 5 heteroatoms. The van der Waals surface area contributed by atoms with Gasteiger partial charge in [0, 0.05) is 36.7 Å². The van der Waals surface area contributed by atoms with Gasteiger partial charge in [-0.05, 0) is 25.0 Å². The lowest BCUT2D eigenvalue weighted by Crippen LogP contribution is -2.21. The summed E-state index contributed by atoms with van der Waals surface area (Å²) >= 11 is 0. The van der Waals surface area contributed by atoms with Crippen molar-refractivity contribution in [3.8, 4) is 11.4 Å². The number of nitrogens with zero attached hydrogens (tertiary/aromatic N) is 3. The molecule has 0 spiro atoms. The highest BCUT2D eigenvalue weighted by molar-refractivity contribution is 5.81. The smallest absolute Gasteiger partial charge is 0.227 e. The zero-order chi connectivity index (χ0) is 13.1. The number of carbonyl (C=O) groups excluding carboxylic acids is 1. The van der Waals surface area contributed by atoms with Gasteiger partial charge in [0.25, 0.3) is 0 Å². The van der Waals surface area contributed by atoms with Crippen LogP contribution < -0.4 is 0 Å². The van der Waals surface area contributed by atoms with Crippen LogP contribution in [0.3, 0.4) is 0 Å². The number of ketones is 1. The molecular weight excluding hydrogens is 242 g/mol. The van der Waals surface area contributed by atoms with E-state index >= 15 is 0 Å². The van der Waals surface area contributed by atoms with Crippen molar-refractivity contribution in [2.75, 3.05) is 0 Å². The van der Waals surface area contributed by atoms with Gasteiger partial charge in [0.15, 0.2) is 0 Å². The zero-order valence-corrected chi connectivity index (χ0v) is 10.6. The molecule has 0 aliphatic heterocycles. The second kappa shape index (κ2) is 5.30. The molecule has 1 aliphatic carbocycles. The van der Waals surface area contributed by atoms with Gasteiger partial charge in [0.1, 0.15) is 5.78 Å². The summed E-state index contributed by atoms with van der Waals surface area (Å²) in [6.07, 6.45) is 7.70. The molecule has 98 valence electrons. The van der Waals surface area contributed by atoms with E-state index < -0.39 is 0 Å². The number of hydrogen-bond acceptors (Lipinski definition) is 5. The molecule has 2 heterocycles. The molecular formula is C14H15N3O2. The third-order valence-corrected chi connectivity index (χ3v) is 3.51. The molecule has 1 atom stereocenters. The summed E-state index contributed by atoms with van der Waals surface area (Å²) in [6, 6.07) is 3.67. The molecule has 0 amide bonds. The average molecular weight is 257 g/mol. The number of aromatic nitrogens is 3. The summed E-state index contributed by atoms with van der Waals surface area (Å²) in [7, 11) is 0. The van der Waals surface area contributed by atoms with Gasteiger partial charge in [-0.1, -0.05) is 11.6 Å². The van der Waals surface area contributed by atoms with Crippen molar-refractivity contribution in [2.24, 2.45) is 5.92 Å². The van der Waals surface area contributed by atoms with Crippen LogP contribution in [0, 0.1) is 5.92 Å². The van der Waals surface area contributed by atoms with Crippen LogP contribution >= 0.6 is 0 Å². The lowest BCUT2D eigenvalue weighted by Gasteiger charge is -2.18. The van der Waals surface area contributed by atoms with Crippen LogP contribution in [0.15, 0.2) is 29.0 Å². The van der Waals surface area contributed by atoms with Crippen molar-refractivity contribution in [1.29, 1.82) is 0 Å². The molecule has 1 unspecified atom stereocenters. The Kier molecular flexibility index (Phi) is 3.35. The quantitative estimate of drug-likeness (QED) is 0.844. The largest absolute Gasteiger partial charge is 0.339 e. The molecule has 2 aromatic rings. The van der Waals surface area contributed by atoms with E-state index in [9.17, 15) is 4.79 Å². The van der Waals surface area contributed by atoms with E-state index in [0.717, 1.165) is 24.8 Å². The van der Waals surface area contributed by atoms with Crippen molar-refractivity contribution in [3.05, 3.63) is 30.4 Å². The summed E-state index contributed by atoms with van der Waals surface area (Å²) in [5, 5.41) is 3.95. The molecule has 1 fully saturated rings. The minimum atomic E-state index is 0.0551. The Morgan fingerprint density at radius 1 is 1.26 bits per heavy atom. The monoisotopic (exact) mass is 257 g/mol. The first kappa shape index (κ1) is 12.0. The van der Waals surface area contributed by atoms with Gasteiger partial charge in [0.2, 0.25) is 11.7 Å². The van der Waals surface area contributed by atoms with E-state index in [1.54, 1.807) is 12.4 Å². The Balaban J connectivity index is 1.73. The maximum Gasteiger partial charge on any atom is 0.227 e. The molecule has 0 N–H and O–H groups in total. The maximum absolute atomic E-state index is 11.8. The van der Waals surface area contributed by atoms with Crippen LogP contribution in [0.5, 0.6) is 0 Å². The Hall–Kier alpha value is -2.04. The summed E-state index contributed by atoms with van der Waals surface area (Å²) in [4.78, 5) is 20.1. The first-order valence-electron chi connectivity index (χ1n) is 6.58. The van der Waals surface area contributed by atoms with E-state index in [-0.39, 0.29) is 5.92 Å². The number of rotatable bonds is 3. The summed E-state index contributed by atoms with van der Waals surface area (Å²) in [5.41, 5.74) is 0.875. The average Bonchev–Trinajstić information content (AvgIpc) is 2.91. The highest BCUT2D eigenvalue weighted by Crippen LogP contribution is 2.24. The first-order chi connectivity index (χ1) is 9.33. The Morgan fingerprint density at radius 2 is 2.11 bits per heavy atom. The van der Waals surface area contributed by atoms with Gasteiger partial charge in [-0.2, -0.15) is 4.98 Å². The van der Waals surface area contributed by atoms with Crippen LogP contribution in [0.1, 0.15) is 31.6 Å². The van der Waals surface area contributed by atoms with Gasteiger partial charge >= 0.3 is 0 Å². The molecule has 2 aromatic heterocycles. The molecule has 1 aliphatic rings. The van der Waals surface area contributed by atoms with Gasteiger partial charge in [0.05, 0.1) is 0 Å². The van der Waals surface area contributed by atoms with Crippen LogP contribution in [0.2, 0.25) is 0 Å². The number of hydrogen-bond donors (Lipinski definition) is 0. The molecule has 1 saturated carbocycles. The molecule has 0 bridgehead atoms. The maximum atomic E-state index is 11.8. The Bertz CT molecular complexity index is 565. The molecule has 0 aromatic carbocycles. The van der Waals surface area contributed by atoms with Crippen LogP contribution in [0.25, 0.3) is 11.4 Å². The van der Waals surface area contributed by atoms with Crippen molar-refractivity contribution in [3.63, 3.8) is 0 Å². The van der Waals surface area contributed by atoms with Crippen molar-refractivity contribution in [2.45, 2.75) is 32.1 Å². The van der Waals surface area contributed by atoms with Crippen LogP contribution in [-0.2, 0) is 11.2 Å². The third kappa shape index (κ3) is 2.70. The van der Waals surface area contributed by atoms with Crippen molar-refractivity contribution >= 4 is 5.78 Å². The van der Waals surface area contributed by atoms with Crippen LogP contribution in [0.4, 0.5) is 0 Å². The second-order valence-electron chi connectivity index (χ2n) is 4.86. The highest BCUT2D eigenvalue weighted by atomic mass is 16.5. The van der Waals surface area contributed by atoms with Crippen molar-refractivity contribution < 1.29 is 9.32 Å². The zero-order valence-electron chi connectivity index (χ0n) is 10.6. The normalized spacial score (nSPS) is 19.6. The molecule has 19 heavy (non-hydrogen) atoms. The number of Topliss-reactive ketones (excluding diaryl/α,β-unsaturated/α-hetero) is 1. The molecule has 5 nitrogen and oxygen atoms in total. The SMILES string of the molecule is O=C1CCCCC1Cc1nc(-c2ccncc2)no1. The van der Waals surface area contributed by atoms with E-state index in [1.165, 1.54) is 0 Å². The topological polar surface area (TPSA) is 68.9 Å². The van der Waals surface area contributed by atoms with E-state index in [4.69, 9.17) is 4.52 Å². The summed E-state index contributed by atoms with van der Waals surface area (Å²) in [5.74, 6) is 1.49. The van der Waals surface area contributed by atoms with Gasteiger partial charge < -0.3 is 4.52 Å². The minimum Gasteiger partial charge on any atom is -0.339 e. The van der Waals surface area contributed by atoms with Crippen LogP contribution in [-0.4, -0.2) is 20.9 Å². The number of carbonyl (C=O) groups is 1. The molecule has 0 saturated heterocycles. The van der Waals surface area contributed by atoms with E-state index in [0.29, 0.717) is 30.3 Å². The van der Waals surface area contributed by atoms with Gasteiger partial charge in [-0.3, -0.25) is 9.78 Å². The second-order valence-corrected chi connectivity index (χ2v) is 4.86. The summed E-state index contributed by atoms with van der Waals surface area (Å²) < 4.78 is 5.24. The molecule has 3 rings (SSSR count). The Morgan fingerprint density at radius 3 is 2.89 bits per heavy atom. The lowest BCUT2D eigenvalue weighted by atomic mass is 9.86. The molecule has 0 radical (unpaired) electrons. The number of pyridine rings is 1. The fourth-order valence-electron chi connectivity index (χ4n) is 2.44. The summed E-state index contributed by atoms with van der Waals surface area (Å²) in [6.45, 7) is 0. The minimum absolute atomic E-state index is 0.0551. The van der Waals surface area contributed by atoms with Gasteiger partial charge in [-0.15, -0.1) is 0 Å². The predicted molar refractivity (Wildman–Crippen MR) is 68.2 cm³/mol.